The molecule has 5 nitrogen and oxygen atoms in total. The summed E-state index contributed by atoms with van der Waals surface area (Å²) in [5.41, 5.74) is 0. The minimum absolute atomic E-state index is 0.402. The molecule has 0 radical (unpaired) electrons. The molecule has 0 aliphatic carbocycles. The first-order chi connectivity index (χ1) is 13.8. The Kier molecular flexibility index (Phi) is 18.9. The van der Waals surface area contributed by atoms with Gasteiger partial charge in [-0.05, 0) is 6.42 Å². The van der Waals surface area contributed by atoms with Crippen LogP contribution in [0.1, 0.15) is 103 Å². The van der Waals surface area contributed by atoms with Crippen molar-refractivity contribution in [3.05, 3.63) is 0 Å². The lowest BCUT2D eigenvalue weighted by atomic mass is 10.0. The van der Waals surface area contributed by atoms with Crippen LogP contribution in [-0.4, -0.2) is 52.5 Å². The van der Waals surface area contributed by atoms with Gasteiger partial charge in [0.1, 0.15) is 0 Å². The van der Waals surface area contributed by atoms with E-state index >= 15 is 0 Å². The van der Waals surface area contributed by atoms with E-state index in [1.54, 1.807) is 0 Å². The SMILES string of the molecule is CCCCCCCCCCCCCCCCOP(=O)(OC)OCCC[N+](C)(C)C. The molecule has 29 heavy (non-hydrogen) atoms. The molecule has 0 saturated carbocycles. The molecule has 0 aromatic carbocycles. The highest BCUT2D eigenvalue weighted by atomic mass is 31.2. The van der Waals surface area contributed by atoms with Crippen LogP contribution >= 0.6 is 7.82 Å². The van der Waals surface area contributed by atoms with Crippen molar-refractivity contribution in [2.45, 2.75) is 103 Å². The Morgan fingerprint density at radius 3 is 1.38 bits per heavy atom. The van der Waals surface area contributed by atoms with Crippen molar-refractivity contribution in [2.24, 2.45) is 0 Å². The van der Waals surface area contributed by atoms with Gasteiger partial charge in [-0.25, -0.2) is 4.57 Å². The molecule has 0 aromatic heterocycles. The molecule has 1 atom stereocenters. The van der Waals surface area contributed by atoms with Crippen molar-refractivity contribution in [2.75, 3.05) is 48.0 Å². The van der Waals surface area contributed by atoms with E-state index in [9.17, 15) is 4.57 Å². The zero-order chi connectivity index (χ0) is 21.8. The molecule has 0 bridgehead atoms. The third-order valence-electron chi connectivity index (χ3n) is 5.19. The number of quaternary nitrogens is 1. The van der Waals surface area contributed by atoms with E-state index in [1.165, 1.54) is 84.2 Å². The molecule has 0 amide bonds. The van der Waals surface area contributed by atoms with Gasteiger partial charge in [-0.15, -0.1) is 0 Å². The third kappa shape index (κ3) is 21.1. The number of nitrogens with zero attached hydrogens (tertiary/aromatic N) is 1. The van der Waals surface area contributed by atoms with Gasteiger partial charge in [-0.2, -0.15) is 0 Å². The van der Waals surface area contributed by atoms with E-state index in [0.717, 1.165) is 30.3 Å². The highest BCUT2D eigenvalue weighted by Gasteiger charge is 2.24. The largest absolute Gasteiger partial charge is 0.474 e. The van der Waals surface area contributed by atoms with Crippen LogP contribution in [0.15, 0.2) is 0 Å². The second-order valence-corrected chi connectivity index (χ2v) is 11.0. The van der Waals surface area contributed by atoms with Gasteiger partial charge in [0.05, 0.1) is 40.9 Å². The first-order valence-corrected chi connectivity index (χ1v) is 13.5. The lowest BCUT2D eigenvalue weighted by molar-refractivity contribution is -0.870. The Morgan fingerprint density at radius 2 is 1.00 bits per heavy atom. The van der Waals surface area contributed by atoms with Gasteiger partial charge >= 0.3 is 7.82 Å². The van der Waals surface area contributed by atoms with Crippen LogP contribution in [0.3, 0.4) is 0 Å². The van der Waals surface area contributed by atoms with Gasteiger partial charge in [0.2, 0.25) is 0 Å². The van der Waals surface area contributed by atoms with Crippen molar-refractivity contribution in [3.8, 4) is 0 Å². The summed E-state index contributed by atoms with van der Waals surface area (Å²) in [6, 6.07) is 0. The Balaban J connectivity index is 3.45. The first kappa shape index (κ1) is 29.1. The molecule has 0 fully saturated rings. The van der Waals surface area contributed by atoms with Gasteiger partial charge in [-0.1, -0.05) is 90.4 Å². The van der Waals surface area contributed by atoms with E-state index in [1.807, 2.05) is 0 Å². The molecule has 6 heteroatoms. The summed E-state index contributed by atoms with van der Waals surface area (Å²) in [5, 5.41) is 0. The smallest absolute Gasteiger partial charge is 0.331 e. The molecule has 0 spiro atoms. The quantitative estimate of drug-likeness (QED) is 0.101. The maximum Gasteiger partial charge on any atom is 0.474 e. The molecule has 176 valence electrons. The van der Waals surface area contributed by atoms with Crippen LogP contribution < -0.4 is 0 Å². The fraction of sp³-hybridized carbons (Fsp3) is 1.00. The van der Waals surface area contributed by atoms with E-state index in [4.69, 9.17) is 13.6 Å². The lowest BCUT2D eigenvalue weighted by Crippen LogP contribution is -2.35. The third-order valence-corrected chi connectivity index (χ3v) is 6.64. The van der Waals surface area contributed by atoms with Crippen LogP contribution in [0, 0.1) is 0 Å². The molecule has 1 unspecified atom stereocenters. The second-order valence-electron chi connectivity index (χ2n) is 9.26. The fourth-order valence-electron chi connectivity index (χ4n) is 3.33. The van der Waals surface area contributed by atoms with Gasteiger partial charge in [0.15, 0.2) is 0 Å². The van der Waals surface area contributed by atoms with Crippen molar-refractivity contribution in [3.63, 3.8) is 0 Å². The monoisotopic (exact) mass is 436 g/mol. The average Bonchev–Trinajstić information content (AvgIpc) is 2.67. The molecule has 0 N–H and O–H groups in total. The Hall–Kier alpha value is 0.0700. The van der Waals surface area contributed by atoms with Crippen molar-refractivity contribution < 1.29 is 22.6 Å². The number of unbranched alkanes of at least 4 members (excludes halogenated alkanes) is 13. The van der Waals surface area contributed by atoms with Crippen LogP contribution in [-0.2, 0) is 18.1 Å². The number of hydrogen-bond acceptors (Lipinski definition) is 4. The Bertz CT molecular complexity index is 399. The van der Waals surface area contributed by atoms with Crippen molar-refractivity contribution in [1.82, 2.24) is 0 Å². The van der Waals surface area contributed by atoms with Gasteiger partial charge in [-0.3, -0.25) is 13.6 Å². The molecule has 0 rings (SSSR count). The topological polar surface area (TPSA) is 44.8 Å². The van der Waals surface area contributed by atoms with E-state index in [0.29, 0.717) is 13.2 Å². The number of phosphoric ester groups is 1. The zero-order valence-electron chi connectivity index (χ0n) is 20.3. The van der Waals surface area contributed by atoms with E-state index < -0.39 is 7.82 Å². The normalized spacial score (nSPS) is 14.2. The van der Waals surface area contributed by atoms with Crippen LogP contribution in [0.5, 0.6) is 0 Å². The van der Waals surface area contributed by atoms with E-state index in [2.05, 4.69) is 28.1 Å². The standard InChI is InChI=1S/C23H51NO4P/c1-6-7-8-9-10-11-12-13-14-15-16-17-18-19-22-27-29(25,26-5)28-23-20-21-24(2,3)4/h6-23H2,1-5H3/q+1. The van der Waals surface area contributed by atoms with Crippen molar-refractivity contribution in [1.29, 1.82) is 0 Å². The highest BCUT2D eigenvalue weighted by Crippen LogP contribution is 2.48. The zero-order valence-corrected chi connectivity index (χ0v) is 21.1. The minimum atomic E-state index is -3.38. The predicted molar refractivity (Wildman–Crippen MR) is 124 cm³/mol. The van der Waals surface area contributed by atoms with E-state index in [-0.39, 0.29) is 0 Å². The summed E-state index contributed by atoms with van der Waals surface area (Å²) >= 11 is 0. The first-order valence-electron chi connectivity index (χ1n) is 12.1. The van der Waals surface area contributed by atoms with Crippen molar-refractivity contribution >= 4 is 7.82 Å². The Morgan fingerprint density at radius 1 is 0.621 bits per heavy atom. The lowest BCUT2D eigenvalue weighted by Gasteiger charge is -2.24. The molecule has 0 aromatic rings. The van der Waals surface area contributed by atoms with Crippen LogP contribution in [0.2, 0.25) is 0 Å². The minimum Gasteiger partial charge on any atom is -0.331 e. The average molecular weight is 437 g/mol. The summed E-state index contributed by atoms with van der Waals surface area (Å²) in [7, 11) is 4.40. The molecule has 0 aliphatic heterocycles. The van der Waals surface area contributed by atoms with Crippen LogP contribution in [0.25, 0.3) is 0 Å². The Labute approximate surface area is 182 Å². The second kappa shape index (κ2) is 18.8. The van der Waals surface area contributed by atoms with Crippen LogP contribution in [0.4, 0.5) is 0 Å². The molecule has 0 aliphatic rings. The fourth-order valence-corrected chi connectivity index (χ4v) is 4.32. The molecule has 0 heterocycles. The summed E-state index contributed by atoms with van der Waals surface area (Å²) in [6.07, 6.45) is 19.3. The summed E-state index contributed by atoms with van der Waals surface area (Å²) in [4.78, 5) is 0. The van der Waals surface area contributed by atoms with Gasteiger partial charge in [0.25, 0.3) is 0 Å². The molecular weight excluding hydrogens is 385 g/mol. The van der Waals surface area contributed by atoms with Gasteiger partial charge < -0.3 is 4.48 Å². The van der Waals surface area contributed by atoms with Gasteiger partial charge in [0, 0.05) is 13.5 Å². The number of hydrogen-bond donors (Lipinski definition) is 0. The highest BCUT2D eigenvalue weighted by molar-refractivity contribution is 7.48. The molecule has 0 saturated heterocycles. The predicted octanol–water partition coefficient (Wildman–Crippen LogP) is 7.35. The summed E-state index contributed by atoms with van der Waals surface area (Å²) in [5.74, 6) is 0. The maximum absolute atomic E-state index is 12.4. The summed E-state index contributed by atoms with van der Waals surface area (Å²) < 4.78 is 29.0. The number of phosphoric acid groups is 1. The molecular formula is C23H51NO4P+. The number of rotatable bonds is 22. The maximum atomic E-state index is 12.4. The summed E-state index contributed by atoms with van der Waals surface area (Å²) in [6.45, 7) is 4.08.